The highest BCUT2D eigenvalue weighted by molar-refractivity contribution is 5.30. The van der Waals surface area contributed by atoms with Gasteiger partial charge in [0.25, 0.3) is 0 Å². The zero-order valence-electron chi connectivity index (χ0n) is 11.7. The van der Waals surface area contributed by atoms with Gasteiger partial charge in [-0.2, -0.15) is 13.2 Å². The van der Waals surface area contributed by atoms with E-state index in [1.165, 1.54) is 23.8 Å². The zero-order valence-corrected chi connectivity index (χ0v) is 11.7. The fourth-order valence-corrected chi connectivity index (χ4v) is 2.70. The van der Waals surface area contributed by atoms with E-state index in [1.807, 2.05) is 0 Å². The minimum atomic E-state index is -4.31. The first-order valence-electron chi connectivity index (χ1n) is 7.09. The van der Waals surface area contributed by atoms with E-state index in [4.69, 9.17) is 4.74 Å². The molecule has 1 unspecified atom stereocenters. The summed E-state index contributed by atoms with van der Waals surface area (Å²) in [5.41, 5.74) is -0.658. The number of nitrogens with one attached hydrogen (secondary N) is 1. The Morgan fingerprint density at radius 1 is 1.35 bits per heavy atom. The van der Waals surface area contributed by atoms with E-state index in [-0.39, 0.29) is 0 Å². The van der Waals surface area contributed by atoms with Crippen molar-refractivity contribution in [3.63, 3.8) is 0 Å². The average Bonchev–Trinajstić information content (AvgIpc) is 2.38. The molecule has 1 aromatic rings. The molecular weight excluding hydrogens is 267 g/mol. The minimum absolute atomic E-state index is 0.296. The molecule has 0 radical (unpaired) electrons. The van der Waals surface area contributed by atoms with Crippen molar-refractivity contribution in [2.75, 3.05) is 26.2 Å². The molecule has 0 aromatic heterocycles. The van der Waals surface area contributed by atoms with Crippen LogP contribution < -0.4 is 9.64 Å². The van der Waals surface area contributed by atoms with E-state index in [0.29, 0.717) is 12.4 Å². The second-order valence-electron chi connectivity index (χ2n) is 5.58. The number of hydrogen-bond donors (Lipinski definition) is 1. The Balaban J connectivity index is 1.82. The summed E-state index contributed by atoms with van der Waals surface area (Å²) in [6, 6.07) is 5.08. The lowest BCUT2D eigenvalue weighted by Crippen LogP contribution is -3.14. The zero-order chi connectivity index (χ0) is 14.6. The molecule has 1 aliphatic heterocycles. The summed E-state index contributed by atoms with van der Waals surface area (Å²) in [5.74, 6) is 1.02. The van der Waals surface area contributed by atoms with Crippen LogP contribution in [0.4, 0.5) is 13.2 Å². The van der Waals surface area contributed by atoms with Crippen LogP contribution in [0.25, 0.3) is 0 Å². The van der Waals surface area contributed by atoms with Gasteiger partial charge in [0.15, 0.2) is 0 Å². The standard InChI is InChI=1S/C15H20F3NO/c1-12-4-3-7-19(11-12)8-9-20-14-6-2-5-13(10-14)15(16,17)18/h2,5-6,10,12H,3-4,7-9,11H2,1H3/p+1/t12-/m1/s1. The van der Waals surface area contributed by atoms with Crippen LogP contribution in [0, 0.1) is 5.92 Å². The normalized spacial score (nSPS) is 23.6. The van der Waals surface area contributed by atoms with Gasteiger partial charge in [0.2, 0.25) is 0 Å². The summed E-state index contributed by atoms with van der Waals surface area (Å²) >= 11 is 0. The highest BCUT2D eigenvalue weighted by Crippen LogP contribution is 2.31. The summed E-state index contributed by atoms with van der Waals surface area (Å²) in [6.07, 6.45) is -1.81. The van der Waals surface area contributed by atoms with Crippen LogP contribution in [0.2, 0.25) is 0 Å². The summed E-state index contributed by atoms with van der Waals surface area (Å²) in [7, 11) is 0. The molecule has 0 aliphatic carbocycles. The highest BCUT2D eigenvalue weighted by Gasteiger charge is 2.30. The molecule has 0 saturated carbocycles. The molecule has 1 saturated heterocycles. The van der Waals surface area contributed by atoms with Gasteiger partial charge in [0, 0.05) is 5.92 Å². The van der Waals surface area contributed by atoms with Gasteiger partial charge in [-0.1, -0.05) is 13.0 Å². The summed E-state index contributed by atoms with van der Waals surface area (Å²) in [4.78, 5) is 1.48. The van der Waals surface area contributed by atoms with Crippen LogP contribution >= 0.6 is 0 Å². The Hall–Kier alpha value is -1.23. The summed E-state index contributed by atoms with van der Waals surface area (Å²) in [6.45, 7) is 5.82. The maximum absolute atomic E-state index is 12.6. The minimum Gasteiger partial charge on any atom is -0.488 e. The maximum atomic E-state index is 12.6. The summed E-state index contributed by atoms with van der Waals surface area (Å²) in [5, 5.41) is 0. The van der Waals surface area contributed by atoms with Crippen LogP contribution in [-0.4, -0.2) is 26.2 Å². The molecule has 1 N–H and O–H groups in total. The van der Waals surface area contributed by atoms with Gasteiger partial charge in [-0.3, -0.25) is 0 Å². The first-order valence-corrected chi connectivity index (χ1v) is 7.09. The average molecular weight is 288 g/mol. The maximum Gasteiger partial charge on any atom is 0.416 e. The third-order valence-corrected chi connectivity index (χ3v) is 3.75. The van der Waals surface area contributed by atoms with Gasteiger partial charge in [-0.15, -0.1) is 0 Å². The second kappa shape index (κ2) is 6.48. The number of piperidine rings is 1. The smallest absolute Gasteiger partial charge is 0.416 e. The molecule has 0 bridgehead atoms. The van der Waals surface area contributed by atoms with E-state index in [1.54, 1.807) is 6.07 Å². The molecule has 1 aliphatic rings. The van der Waals surface area contributed by atoms with Crippen LogP contribution in [0.3, 0.4) is 0 Å². The molecular formula is C15H21F3NO+. The number of hydrogen-bond acceptors (Lipinski definition) is 1. The van der Waals surface area contributed by atoms with Crippen molar-refractivity contribution >= 4 is 0 Å². The molecule has 2 nitrogen and oxygen atoms in total. The van der Waals surface area contributed by atoms with Crippen LogP contribution in [0.15, 0.2) is 24.3 Å². The van der Waals surface area contributed by atoms with Crippen molar-refractivity contribution < 1.29 is 22.8 Å². The third-order valence-electron chi connectivity index (χ3n) is 3.75. The molecule has 1 fully saturated rings. The SMILES string of the molecule is C[C@@H]1CCC[NH+](CCOc2cccc(C(F)(F)F)c2)C1. The fourth-order valence-electron chi connectivity index (χ4n) is 2.70. The van der Waals surface area contributed by atoms with E-state index in [0.717, 1.165) is 37.7 Å². The van der Waals surface area contributed by atoms with Crippen molar-refractivity contribution in [2.24, 2.45) is 5.92 Å². The van der Waals surface area contributed by atoms with Crippen molar-refractivity contribution in [2.45, 2.75) is 25.9 Å². The Labute approximate surface area is 117 Å². The molecule has 2 rings (SSSR count). The van der Waals surface area contributed by atoms with Gasteiger partial charge in [-0.25, -0.2) is 0 Å². The van der Waals surface area contributed by atoms with Crippen molar-refractivity contribution in [1.82, 2.24) is 0 Å². The number of quaternary nitrogens is 1. The first-order chi connectivity index (χ1) is 9.45. The first kappa shape index (κ1) is 15.2. The van der Waals surface area contributed by atoms with Crippen LogP contribution in [0.5, 0.6) is 5.75 Å². The topological polar surface area (TPSA) is 13.7 Å². The second-order valence-corrected chi connectivity index (χ2v) is 5.58. The Bertz CT molecular complexity index is 433. The number of likely N-dealkylation sites (tertiary alicyclic amines) is 1. The number of halogens is 3. The predicted octanol–water partition coefficient (Wildman–Crippen LogP) is 2.40. The number of alkyl halides is 3. The van der Waals surface area contributed by atoms with Crippen molar-refractivity contribution in [1.29, 1.82) is 0 Å². The molecule has 1 heterocycles. The quantitative estimate of drug-likeness (QED) is 0.898. The fraction of sp³-hybridized carbons (Fsp3) is 0.600. The highest BCUT2D eigenvalue weighted by atomic mass is 19.4. The number of benzene rings is 1. The monoisotopic (exact) mass is 288 g/mol. The van der Waals surface area contributed by atoms with E-state index in [2.05, 4.69) is 6.92 Å². The third kappa shape index (κ3) is 4.40. The summed E-state index contributed by atoms with van der Waals surface area (Å²) < 4.78 is 43.2. The van der Waals surface area contributed by atoms with E-state index >= 15 is 0 Å². The number of ether oxygens (including phenoxy) is 1. The van der Waals surface area contributed by atoms with Crippen LogP contribution in [0.1, 0.15) is 25.3 Å². The largest absolute Gasteiger partial charge is 0.488 e. The van der Waals surface area contributed by atoms with Gasteiger partial charge in [-0.05, 0) is 31.0 Å². The lowest BCUT2D eigenvalue weighted by atomic mass is 10.0. The Morgan fingerprint density at radius 2 is 2.15 bits per heavy atom. The molecule has 5 heteroatoms. The van der Waals surface area contributed by atoms with Crippen molar-refractivity contribution in [3.8, 4) is 5.75 Å². The van der Waals surface area contributed by atoms with Gasteiger partial charge in [0.1, 0.15) is 18.9 Å². The van der Waals surface area contributed by atoms with Gasteiger partial charge in [0.05, 0.1) is 18.7 Å². The van der Waals surface area contributed by atoms with Crippen LogP contribution in [-0.2, 0) is 6.18 Å². The van der Waals surface area contributed by atoms with E-state index < -0.39 is 11.7 Å². The lowest BCUT2D eigenvalue weighted by Gasteiger charge is -2.27. The van der Waals surface area contributed by atoms with E-state index in [9.17, 15) is 13.2 Å². The number of rotatable bonds is 4. The Morgan fingerprint density at radius 3 is 2.85 bits per heavy atom. The molecule has 1 aromatic carbocycles. The predicted molar refractivity (Wildman–Crippen MR) is 70.9 cm³/mol. The van der Waals surface area contributed by atoms with Gasteiger partial charge < -0.3 is 9.64 Å². The van der Waals surface area contributed by atoms with Gasteiger partial charge >= 0.3 is 6.18 Å². The lowest BCUT2D eigenvalue weighted by molar-refractivity contribution is -0.908. The molecule has 112 valence electrons. The molecule has 2 atom stereocenters. The molecule has 0 spiro atoms. The molecule has 20 heavy (non-hydrogen) atoms. The van der Waals surface area contributed by atoms with Crippen molar-refractivity contribution in [3.05, 3.63) is 29.8 Å². The molecule has 0 amide bonds. The Kier molecular flexibility index (Phi) is 4.91.